The Morgan fingerprint density at radius 3 is 3.07 bits per heavy atom. The molecule has 2 N–H and O–H groups in total. The molecule has 0 spiro atoms. The maximum absolute atomic E-state index is 11.7. The largest absolute Gasteiger partial charge is 0.326 e. The lowest BCUT2D eigenvalue weighted by Gasteiger charge is -2.12. The summed E-state index contributed by atoms with van der Waals surface area (Å²) in [5.74, 6) is 0.0113. The van der Waals surface area contributed by atoms with Gasteiger partial charge < -0.3 is 5.73 Å². The molecule has 0 aromatic carbocycles. The Hall–Kier alpha value is -1.33. The monoisotopic (exact) mass is 206 g/mol. The van der Waals surface area contributed by atoms with Gasteiger partial charge >= 0.3 is 0 Å². The highest BCUT2D eigenvalue weighted by atomic mass is 16.1. The quantitative estimate of drug-likeness (QED) is 0.687. The minimum absolute atomic E-state index is 0.0113. The van der Waals surface area contributed by atoms with Crippen molar-refractivity contribution in [1.29, 1.82) is 0 Å². The third-order valence-corrected chi connectivity index (χ3v) is 2.52. The van der Waals surface area contributed by atoms with E-state index in [9.17, 15) is 4.79 Å². The first-order chi connectivity index (χ1) is 7.25. The lowest BCUT2D eigenvalue weighted by molar-refractivity contribution is 0.0939. The van der Waals surface area contributed by atoms with Crippen LogP contribution in [0.25, 0.3) is 0 Å². The van der Waals surface area contributed by atoms with Gasteiger partial charge in [-0.2, -0.15) is 0 Å². The zero-order chi connectivity index (χ0) is 10.7. The van der Waals surface area contributed by atoms with Gasteiger partial charge in [-0.05, 0) is 6.42 Å². The highest BCUT2D eigenvalue weighted by Gasteiger charge is 2.21. The van der Waals surface area contributed by atoms with Crippen LogP contribution in [0.3, 0.4) is 0 Å². The number of Topliss-reactive ketones (excluding diaryl/α,β-unsaturated/α-hetero) is 1. The average Bonchev–Trinajstić information content (AvgIpc) is 2.65. The second-order valence-electron chi connectivity index (χ2n) is 3.80. The molecule has 2 heterocycles. The number of hydrogen-bond acceptors (Lipinski definition) is 5. The van der Waals surface area contributed by atoms with E-state index in [1.807, 2.05) is 0 Å². The van der Waals surface area contributed by atoms with Gasteiger partial charge in [-0.1, -0.05) is 0 Å². The van der Waals surface area contributed by atoms with Crippen molar-refractivity contribution in [2.45, 2.75) is 12.5 Å². The Balaban J connectivity index is 1.93. The topological polar surface area (TPSA) is 72.1 Å². The number of aromatic nitrogens is 2. The fourth-order valence-corrected chi connectivity index (χ4v) is 1.73. The first-order valence-corrected chi connectivity index (χ1v) is 5.03. The van der Waals surface area contributed by atoms with Gasteiger partial charge in [-0.15, -0.1) is 0 Å². The van der Waals surface area contributed by atoms with E-state index in [1.165, 1.54) is 12.4 Å². The van der Waals surface area contributed by atoms with E-state index in [0.717, 1.165) is 19.5 Å². The van der Waals surface area contributed by atoms with Crippen LogP contribution in [0.15, 0.2) is 18.6 Å². The molecule has 0 aliphatic carbocycles. The van der Waals surface area contributed by atoms with Gasteiger partial charge in [0.25, 0.3) is 0 Å². The van der Waals surface area contributed by atoms with Gasteiger partial charge in [0.1, 0.15) is 5.69 Å². The highest BCUT2D eigenvalue weighted by molar-refractivity contribution is 5.95. The van der Waals surface area contributed by atoms with E-state index in [0.29, 0.717) is 12.2 Å². The fourth-order valence-electron chi connectivity index (χ4n) is 1.73. The van der Waals surface area contributed by atoms with E-state index in [-0.39, 0.29) is 11.8 Å². The summed E-state index contributed by atoms with van der Waals surface area (Å²) < 4.78 is 0. The van der Waals surface area contributed by atoms with Crippen LogP contribution in [-0.4, -0.2) is 46.3 Å². The number of rotatable bonds is 3. The van der Waals surface area contributed by atoms with Crippen molar-refractivity contribution in [3.63, 3.8) is 0 Å². The van der Waals surface area contributed by atoms with Crippen LogP contribution in [0.5, 0.6) is 0 Å². The number of nitrogens with zero attached hydrogens (tertiary/aromatic N) is 3. The highest BCUT2D eigenvalue weighted by Crippen LogP contribution is 2.07. The number of likely N-dealkylation sites (tertiary alicyclic amines) is 1. The summed E-state index contributed by atoms with van der Waals surface area (Å²) in [6.07, 6.45) is 5.55. The van der Waals surface area contributed by atoms with E-state index in [2.05, 4.69) is 14.9 Å². The Morgan fingerprint density at radius 2 is 2.47 bits per heavy atom. The van der Waals surface area contributed by atoms with Crippen molar-refractivity contribution in [3.05, 3.63) is 24.3 Å². The normalized spacial score (nSPS) is 21.8. The minimum Gasteiger partial charge on any atom is -0.326 e. The first kappa shape index (κ1) is 10.2. The number of carbonyl (C=O) groups is 1. The summed E-state index contributed by atoms with van der Waals surface area (Å²) in [4.78, 5) is 21.6. The van der Waals surface area contributed by atoms with Crippen molar-refractivity contribution in [2.75, 3.05) is 19.6 Å². The molecule has 0 bridgehead atoms. The van der Waals surface area contributed by atoms with Crippen LogP contribution >= 0.6 is 0 Å². The van der Waals surface area contributed by atoms with Crippen molar-refractivity contribution in [1.82, 2.24) is 14.9 Å². The zero-order valence-electron chi connectivity index (χ0n) is 8.47. The van der Waals surface area contributed by atoms with Crippen molar-refractivity contribution >= 4 is 5.78 Å². The first-order valence-electron chi connectivity index (χ1n) is 5.03. The standard InChI is InChI=1S/C10H14N4O/c11-8-1-4-14(6-8)7-10(15)9-5-12-2-3-13-9/h2-3,5,8H,1,4,6-7,11H2/t8-/m1/s1. The van der Waals surface area contributed by atoms with Crippen LogP contribution in [0.4, 0.5) is 0 Å². The molecule has 1 aliphatic rings. The smallest absolute Gasteiger partial charge is 0.196 e. The maximum Gasteiger partial charge on any atom is 0.196 e. The molecule has 0 amide bonds. The molecule has 1 aromatic rings. The number of hydrogen-bond donors (Lipinski definition) is 1. The molecule has 1 atom stereocenters. The molecule has 1 fully saturated rings. The summed E-state index contributed by atoms with van der Waals surface area (Å²) in [5.41, 5.74) is 6.19. The lowest BCUT2D eigenvalue weighted by Crippen LogP contribution is -2.31. The van der Waals surface area contributed by atoms with Crippen LogP contribution in [-0.2, 0) is 0 Å². The summed E-state index contributed by atoms with van der Waals surface area (Å²) >= 11 is 0. The van der Waals surface area contributed by atoms with Crippen LogP contribution in [0, 0.1) is 0 Å². The average molecular weight is 206 g/mol. The van der Waals surface area contributed by atoms with E-state index < -0.39 is 0 Å². The molecule has 5 nitrogen and oxygen atoms in total. The second-order valence-corrected chi connectivity index (χ2v) is 3.80. The summed E-state index contributed by atoms with van der Waals surface area (Å²) in [7, 11) is 0. The van der Waals surface area contributed by atoms with Crippen LogP contribution in [0.2, 0.25) is 0 Å². The molecule has 5 heteroatoms. The summed E-state index contributed by atoms with van der Waals surface area (Å²) in [5, 5.41) is 0. The molecule has 0 saturated carbocycles. The van der Waals surface area contributed by atoms with Crippen molar-refractivity contribution in [3.8, 4) is 0 Å². The zero-order valence-corrected chi connectivity index (χ0v) is 8.47. The minimum atomic E-state index is 0.0113. The molecule has 1 aromatic heterocycles. The Bertz CT molecular complexity index is 341. The predicted molar refractivity (Wildman–Crippen MR) is 55.4 cm³/mol. The number of ketones is 1. The van der Waals surface area contributed by atoms with E-state index >= 15 is 0 Å². The maximum atomic E-state index is 11.7. The second kappa shape index (κ2) is 4.46. The van der Waals surface area contributed by atoms with Gasteiger partial charge in [0.15, 0.2) is 5.78 Å². The SMILES string of the molecule is N[C@@H]1CCN(CC(=O)c2cnccn2)C1. The summed E-state index contributed by atoms with van der Waals surface area (Å²) in [6, 6.07) is 0.208. The molecule has 0 unspecified atom stereocenters. The van der Waals surface area contributed by atoms with Gasteiger partial charge in [0.2, 0.25) is 0 Å². The third-order valence-electron chi connectivity index (χ3n) is 2.52. The third kappa shape index (κ3) is 2.57. The molecular formula is C10H14N4O. The van der Waals surface area contributed by atoms with Crippen LogP contribution in [0.1, 0.15) is 16.9 Å². The lowest BCUT2D eigenvalue weighted by atomic mass is 10.3. The van der Waals surface area contributed by atoms with Gasteiger partial charge in [-0.25, -0.2) is 4.98 Å². The predicted octanol–water partition coefficient (Wildman–Crippen LogP) is -0.308. The molecule has 15 heavy (non-hydrogen) atoms. The molecule has 0 radical (unpaired) electrons. The van der Waals surface area contributed by atoms with Gasteiger partial charge in [0, 0.05) is 31.5 Å². The molecule has 2 rings (SSSR count). The van der Waals surface area contributed by atoms with Crippen molar-refractivity contribution < 1.29 is 4.79 Å². The number of nitrogens with two attached hydrogens (primary N) is 1. The van der Waals surface area contributed by atoms with Gasteiger partial charge in [0.05, 0.1) is 12.7 Å². The fraction of sp³-hybridized carbons (Fsp3) is 0.500. The van der Waals surface area contributed by atoms with E-state index in [4.69, 9.17) is 5.73 Å². The van der Waals surface area contributed by atoms with E-state index in [1.54, 1.807) is 6.20 Å². The molecule has 1 saturated heterocycles. The molecular weight excluding hydrogens is 192 g/mol. The molecule has 80 valence electrons. The number of carbonyl (C=O) groups excluding carboxylic acids is 1. The Morgan fingerprint density at radius 1 is 1.60 bits per heavy atom. The Kier molecular flexibility index (Phi) is 3.03. The Labute approximate surface area is 88.3 Å². The summed E-state index contributed by atoms with van der Waals surface area (Å²) in [6.45, 7) is 2.09. The van der Waals surface area contributed by atoms with Gasteiger partial charge in [-0.3, -0.25) is 14.7 Å². The molecule has 1 aliphatic heterocycles. The van der Waals surface area contributed by atoms with Crippen molar-refractivity contribution in [2.24, 2.45) is 5.73 Å². The van der Waals surface area contributed by atoms with Crippen LogP contribution < -0.4 is 5.73 Å².